The van der Waals surface area contributed by atoms with Crippen LogP contribution in [-0.4, -0.2) is 0 Å². The van der Waals surface area contributed by atoms with Gasteiger partial charge >= 0.3 is 0 Å². The third kappa shape index (κ3) is 51.8. The van der Waals surface area contributed by atoms with Crippen molar-refractivity contribution < 1.29 is 0 Å². The van der Waals surface area contributed by atoms with Gasteiger partial charge in [-0.05, 0) is 23.2 Å². The first-order chi connectivity index (χ1) is 9.61. The lowest BCUT2D eigenvalue weighted by molar-refractivity contribution is 0.338. The van der Waals surface area contributed by atoms with Gasteiger partial charge in [-0.1, -0.05) is 159 Å². The molecule has 0 radical (unpaired) electrons. The number of hydrogen-bond acceptors (Lipinski definition) is 0. The highest BCUT2D eigenvalue weighted by atomic mass is 14.2. The van der Waals surface area contributed by atoms with Gasteiger partial charge in [-0.25, -0.2) is 0 Å². The van der Waals surface area contributed by atoms with E-state index < -0.39 is 0 Å². The lowest BCUT2D eigenvalue weighted by Gasteiger charge is -2.18. The smallest absolute Gasteiger partial charge is 0.0359 e. The third-order valence-corrected chi connectivity index (χ3v) is 5.17. The van der Waals surface area contributed by atoms with Crippen molar-refractivity contribution in [1.29, 1.82) is 0 Å². The van der Waals surface area contributed by atoms with Gasteiger partial charge in [0.1, 0.15) is 0 Å². The Bertz CT molecular complexity index is 172. The summed E-state index contributed by atoms with van der Waals surface area (Å²) in [5, 5.41) is 0. The molecule has 2 atom stereocenters. The molecule has 0 aliphatic heterocycles. The molecule has 0 aliphatic rings. The summed E-state index contributed by atoms with van der Waals surface area (Å²) in [6.45, 7) is 25.0. The second-order valence-electron chi connectivity index (χ2n) is 7.80. The molecule has 0 heterocycles. The Kier molecular flexibility index (Phi) is 76.9. The average molecular weight is 397 g/mol. The van der Waals surface area contributed by atoms with Gasteiger partial charge in [-0.3, -0.25) is 0 Å². The van der Waals surface area contributed by atoms with Gasteiger partial charge in [-0.15, -0.1) is 0 Å². The maximum absolute atomic E-state index is 2.31. The molecule has 0 aromatic heterocycles. The van der Waals surface area contributed by atoms with Crippen molar-refractivity contribution in [3.05, 3.63) is 0 Å². The summed E-state index contributed by atoms with van der Waals surface area (Å²) in [5.74, 6) is 2.72. The van der Waals surface area contributed by atoms with E-state index in [-0.39, 0.29) is 44.6 Å². The van der Waals surface area contributed by atoms with Crippen molar-refractivity contribution in [3.63, 3.8) is 0 Å². The zero-order chi connectivity index (χ0) is 17.5. The van der Waals surface area contributed by atoms with E-state index in [4.69, 9.17) is 0 Å². The Morgan fingerprint density at radius 3 is 0.963 bits per heavy atom. The van der Waals surface area contributed by atoms with E-state index in [1.807, 2.05) is 0 Å². The first-order valence-corrected chi connectivity index (χ1v) is 9.61. The van der Waals surface area contributed by atoms with Crippen molar-refractivity contribution >= 4 is 0 Å². The van der Waals surface area contributed by atoms with E-state index in [0.29, 0.717) is 5.41 Å². The SMILES string of the molecule is C.C.C.C.C.C.CCC(C)(C)CC.CCC(C)C(C)C.CCCC(C)CC. The van der Waals surface area contributed by atoms with Crippen LogP contribution in [0.2, 0.25) is 0 Å². The van der Waals surface area contributed by atoms with E-state index in [1.165, 1.54) is 38.5 Å². The van der Waals surface area contributed by atoms with Crippen LogP contribution in [0.1, 0.15) is 159 Å². The Morgan fingerprint density at radius 1 is 0.593 bits per heavy atom. The maximum atomic E-state index is 2.31. The standard InChI is InChI=1S/3C7H16.6CH4/c1-5-7(3,4)6-2;1-5-7(4)6(2)3;1-4-6-7(3)5-2;;;;;;/h5-6H2,1-4H3;6-7H,5H2,1-4H3;7H,4-6H2,1-3H3;6*1H4. The molecule has 0 N–H and O–H groups in total. The van der Waals surface area contributed by atoms with E-state index in [1.54, 1.807) is 0 Å². The molecule has 0 amide bonds. The normalized spacial score (nSPS) is 10.7. The maximum Gasteiger partial charge on any atom is -0.0359 e. The van der Waals surface area contributed by atoms with Gasteiger partial charge < -0.3 is 0 Å². The second-order valence-corrected chi connectivity index (χ2v) is 7.80. The zero-order valence-corrected chi connectivity index (χ0v) is 17.5. The third-order valence-electron chi connectivity index (χ3n) is 5.17. The van der Waals surface area contributed by atoms with E-state index >= 15 is 0 Å². The quantitative estimate of drug-likeness (QED) is 0.401. The molecule has 0 nitrogen and oxygen atoms in total. The van der Waals surface area contributed by atoms with Gasteiger partial charge in [0.25, 0.3) is 0 Å². The number of hydrogen-bond donors (Lipinski definition) is 0. The molecule has 0 spiro atoms. The van der Waals surface area contributed by atoms with Gasteiger partial charge in [0.05, 0.1) is 0 Å². The molecule has 0 rings (SSSR count). The van der Waals surface area contributed by atoms with Crippen LogP contribution in [0.4, 0.5) is 0 Å². The first kappa shape index (κ1) is 56.3. The summed E-state index contributed by atoms with van der Waals surface area (Å²) in [6, 6.07) is 0. The predicted octanol–water partition coefficient (Wildman–Crippen LogP) is 12.2. The Hall–Kier alpha value is 0. The minimum Gasteiger partial charge on any atom is -0.0776 e. The molecule has 0 aromatic rings. The van der Waals surface area contributed by atoms with Gasteiger partial charge in [0, 0.05) is 0 Å². The van der Waals surface area contributed by atoms with E-state index in [9.17, 15) is 0 Å². The largest absolute Gasteiger partial charge is 0.0776 e. The van der Waals surface area contributed by atoms with Crippen molar-refractivity contribution in [3.8, 4) is 0 Å². The van der Waals surface area contributed by atoms with Crippen LogP contribution in [0, 0.1) is 23.2 Å². The predicted molar refractivity (Wildman–Crippen MR) is 143 cm³/mol. The minimum atomic E-state index is 0. The summed E-state index contributed by atoms with van der Waals surface area (Å²) in [5.41, 5.74) is 0.583. The molecular weight excluding hydrogens is 324 g/mol. The second kappa shape index (κ2) is 36.8. The van der Waals surface area contributed by atoms with Crippen LogP contribution in [0.15, 0.2) is 0 Å². The van der Waals surface area contributed by atoms with E-state index in [2.05, 4.69) is 76.2 Å². The molecule has 0 heteroatoms. The minimum absolute atomic E-state index is 0. The molecule has 180 valence electrons. The highest BCUT2D eigenvalue weighted by molar-refractivity contribution is 4.61. The summed E-state index contributed by atoms with van der Waals surface area (Å²) in [6.07, 6.45) is 7.99. The monoisotopic (exact) mass is 397 g/mol. The van der Waals surface area contributed by atoms with Crippen LogP contribution < -0.4 is 0 Å². The molecule has 2 unspecified atom stereocenters. The summed E-state index contributed by atoms with van der Waals surface area (Å²) in [4.78, 5) is 0. The van der Waals surface area contributed by atoms with Crippen molar-refractivity contribution in [1.82, 2.24) is 0 Å². The summed E-state index contributed by atoms with van der Waals surface area (Å²) in [7, 11) is 0. The van der Waals surface area contributed by atoms with Crippen LogP contribution >= 0.6 is 0 Å². The molecule has 0 bridgehead atoms. The highest BCUT2D eigenvalue weighted by Crippen LogP contribution is 2.22. The fourth-order valence-corrected chi connectivity index (χ4v) is 1.42. The van der Waals surface area contributed by atoms with Crippen molar-refractivity contribution in [2.75, 3.05) is 0 Å². The topological polar surface area (TPSA) is 0 Å². The Balaban J connectivity index is -0.0000000231. The van der Waals surface area contributed by atoms with Gasteiger partial charge in [0.15, 0.2) is 0 Å². The molecule has 0 saturated carbocycles. The van der Waals surface area contributed by atoms with Crippen LogP contribution in [-0.2, 0) is 0 Å². The average Bonchev–Trinajstić information content (AvgIpc) is 2.47. The molecule has 0 fully saturated rings. The lowest BCUT2D eigenvalue weighted by atomic mass is 9.88. The van der Waals surface area contributed by atoms with Crippen molar-refractivity contribution in [2.45, 2.75) is 159 Å². The molecule has 0 aliphatic carbocycles. The Morgan fingerprint density at radius 2 is 0.926 bits per heavy atom. The van der Waals surface area contributed by atoms with Crippen LogP contribution in [0.3, 0.4) is 0 Å². The lowest BCUT2D eigenvalue weighted by Crippen LogP contribution is -2.05. The highest BCUT2D eigenvalue weighted by Gasteiger charge is 2.09. The molecule has 0 aromatic carbocycles. The van der Waals surface area contributed by atoms with Crippen LogP contribution in [0.5, 0.6) is 0 Å². The molecule has 0 saturated heterocycles. The number of rotatable bonds is 7. The first-order valence-electron chi connectivity index (χ1n) is 9.61. The van der Waals surface area contributed by atoms with E-state index in [0.717, 1.165) is 17.8 Å². The fraction of sp³-hybridized carbons (Fsp3) is 1.00. The van der Waals surface area contributed by atoms with Gasteiger partial charge in [0.2, 0.25) is 0 Å². The zero-order valence-electron chi connectivity index (χ0n) is 17.5. The molecule has 27 heavy (non-hydrogen) atoms. The van der Waals surface area contributed by atoms with Crippen molar-refractivity contribution in [2.24, 2.45) is 23.2 Å². The van der Waals surface area contributed by atoms with Crippen LogP contribution in [0.25, 0.3) is 0 Å². The summed E-state index contributed by atoms with van der Waals surface area (Å²) >= 11 is 0. The summed E-state index contributed by atoms with van der Waals surface area (Å²) < 4.78 is 0. The van der Waals surface area contributed by atoms with Gasteiger partial charge in [-0.2, -0.15) is 0 Å². The fourth-order valence-electron chi connectivity index (χ4n) is 1.42. The Labute approximate surface area is 182 Å². The molecular formula is C27H72.